The first kappa shape index (κ1) is 10.8. The maximum absolute atomic E-state index is 13.8. The number of benzene rings is 1. The lowest BCUT2D eigenvalue weighted by Crippen LogP contribution is -2.04. The first-order chi connectivity index (χ1) is 7.56. The molecule has 84 valence electrons. The number of anilines is 1. The van der Waals surface area contributed by atoms with E-state index < -0.39 is 11.8 Å². The van der Waals surface area contributed by atoms with Crippen LogP contribution in [0, 0.1) is 5.82 Å². The maximum Gasteiger partial charge on any atom is 0.342 e. The predicted molar refractivity (Wildman–Crippen MR) is 59.0 cm³/mol. The van der Waals surface area contributed by atoms with Gasteiger partial charge in [0.25, 0.3) is 0 Å². The number of esters is 1. The van der Waals surface area contributed by atoms with Gasteiger partial charge in [0.15, 0.2) is 5.82 Å². The van der Waals surface area contributed by atoms with Crippen LogP contribution in [-0.2, 0) is 4.74 Å². The molecule has 0 fully saturated rings. The molecule has 4 nitrogen and oxygen atoms in total. The van der Waals surface area contributed by atoms with Crippen LogP contribution < -0.4 is 5.73 Å². The summed E-state index contributed by atoms with van der Waals surface area (Å²) in [4.78, 5) is 14.1. The van der Waals surface area contributed by atoms with E-state index in [-0.39, 0.29) is 21.8 Å². The zero-order valence-electron chi connectivity index (χ0n) is 8.30. The van der Waals surface area contributed by atoms with E-state index in [9.17, 15) is 9.18 Å². The van der Waals surface area contributed by atoms with Crippen molar-refractivity contribution in [1.29, 1.82) is 0 Å². The van der Waals surface area contributed by atoms with E-state index in [2.05, 4.69) is 9.72 Å². The van der Waals surface area contributed by atoms with Crippen LogP contribution >= 0.6 is 11.6 Å². The Morgan fingerprint density at radius 1 is 1.56 bits per heavy atom. The van der Waals surface area contributed by atoms with Crippen LogP contribution in [0.3, 0.4) is 0 Å². The topological polar surface area (TPSA) is 68.1 Å². The van der Waals surface area contributed by atoms with Gasteiger partial charge < -0.3 is 15.5 Å². The predicted octanol–water partition coefficient (Wildman–Crippen LogP) is 2.33. The number of aromatic amines is 1. The average molecular weight is 243 g/mol. The molecule has 2 aromatic rings. The van der Waals surface area contributed by atoms with Crippen LogP contribution in [0.4, 0.5) is 10.2 Å². The van der Waals surface area contributed by atoms with Crippen molar-refractivity contribution in [3.8, 4) is 0 Å². The Labute approximate surface area is 95.1 Å². The Balaban J connectivity index is 2.86. The number of nitrogens with one attached hydrogen (secondary N) is 1. The van der Waals surface area contributed by atoms with Crippen LogP contribution in [0.15, 0.2) is 12.1 Å². The second-order valence-electron chi connectivity index (χ2n) is 3.19. The van der Waals surface area contributed by atoms with Gasteiger partial charge in [0.05, 0.1) is 23.0 Å². The minimum absolute atomic E-state index is 0.0301. The third kappa shape index (κ3) is 1.40. The summed E-state index contributed by atoms with van der Waals surface area (Å²) in [5.41, 5.74) is 5.96. The highest BCUT2D eigenvalue weighted by Gasteiger charge is 2.21. The largest absolute Gasteiger partial charge is 0.465 e. The van der Waals surface area contributed by atoms with Gasteiger partial charge in [0.2, 0.25) is 0 Å². The number of ether oxygens (including phenoxy) is 1. The number of nitrogens with two attached hydrogens (primary N) is 1. The molecular formula is C10H8ClFN2O2. The molecule has 0 amide bonds. The molecule has 1 aromatic heterocycles. The molecule has 6 heteroatoms. The summed E-state index contributed by atoms with van der Waals surface area (Å²) in [7, 11) is 1.20. The Morgan fingerprint density at radius 2 is 2.25 bits per heavy atom. The molecule has 0 spiro atoms. The minimum Gasteiger partial charge on any atom is -0.465 e. The van der Waals surface area contributed by atoms with Gasteiger partial charge in [-0.05, 0) is 12.1 Å². The summed E-state index contributed by atoms with van der Waals surface area (Å²) in [5.74, 6) is -1.33. The fourth-order valence-electron chi connectivity index (χ4n) is 1.56. The van der Waals surface area contributed by atoms with Crippen LogP contribution in [0.25, 0.3) is 10.9 Å². The van der Waals surface area contributed by atoms with Gasteiger partial charge in [-0.1, -0.05) is 11.6 Å². The number of carbonyl (C=O) groups excluding carboxylic acids is 1. The zero-order valence-corrected chi connectivity index (χ0v) is 9.06. The molecule has 0 aliphatic carbocycles. The van der Waals surface area contributed by atoms with E-state index >= 15 is 0 Å². The van der Waals surface area contributed by atoms with Crippen LogP contribution in [0.1, 0.15) is 10.4 Å². The van der Waals surface area contributed by atoms with Gasteiger partial charge in [-0.3, -0.25) is 0 Å². The van der Waals surface area contributed by atoms with Gasteiger partial charge >= 0.3 is 5.97 Å². The first-order valence-electron chi connectivity index (χ1n) is 4.39. The van der Waals surface area contributed by atoms with Crippen molar-refractivity contribution in [3.63, 3.8) is 0 Å². The lowest BCUT2D eigenvalue weighted by atomic mass is 10.1. The Kier molecular flexibility index (Phi) is 2.47. The van der Waals surface area contributed by atoms with Gasteiger partial charge in [-0.25, -0.2) is 9.18 Å². The van der Waals surface area contributed by atoms with Crippen molar-refractivity contribution in [3.05, 3.63) is 28.5 Å². The molecule has 0 radical (unpaired) electrons. The molecule has 0 unspecified atom stereocenters. The van der Waals surface area contributed by atoms with Crippen LogP contribution in [0.2, 0.25) is 5.02 Å². The Hall–Kier alpha value is -1.75. The number of halogens is 2. The summed E-state index contributed by atoms with van der Waals surface area (Å²) >= 11 is 5.63. The van der Waals surface area contributed by atoms with Crippen LogP contribution in [-0.4, -0.2) is 18.1 Å². The van der Waals surface area contributed by atoms with E-state index in [1.54, 1.807) is 6.07 Å². The van der Waals surface area contributed by atoms with E-state index in [0.717, 1.165) is 0 Å². The molecule has 2 rings (SSSR count). The third-order valence-electron chi connectivity index (χ3n) is 2.27. The number of hydrogen-bond acceptors (Lipinski definition) is 3. The number of rotatable bonds is 1. The number of H-pyrrole nitrogens is 1. The van der Waals surface area contributed by atoms with Crippen molar-refractivity contribution in [2.75, 3.05) is 12.8 Å². The fourth-order valence-corrected chi connectivity index (χ4v) is 1.71. The number of methoxy groups -OCH3 is 1. The van der Waals surface area contributed by atoms with Crippen molar-refractivity contribution in [2.45, 2.75) is 0 Å². The third-order valence-corrected chi connectivity index (χ3v) is 2.56. The smallest absolute Gasteiger partial charge is 0.342 e. The van der Waals surface area contributed by atoms with Crippen molar-refractivity contribution in [2.24, 2.45) is 0 Å². The molecule has 0 aliphatic rings. The molecule has 0 aliphatic heterocycles. The monoisotopic (exact) mass is 242 g/mol. The number of fused-ring (bicyclic) bond motifs is 1. The van der Waals surface area contributed by atoms with Crippen molar-refractivity contribution < 1.29 is 13.9 Å². The standard InChI is InChI=1S/C10H8ClFN2O2/c1-16-10(15)7-6-5(14-9(7)13)3-2-4(11)8(6)12/h2-3,14H,13H2,1H3. The highest BCUT2D eigenvalue weighted by atomic mass is 35.5. The van der Waals surface area contributed by atoms with E-state index in [1.165, 1.54) is 13.2 Å². The molecule has 3 N–H and O–H groups in total. The minimum atomic E-state index is -0.704. The summed E-state index contributed by atoms with van der Waals surface area (Å²) in [6.07, 6.45) is 0. The number of carbonyl (C=O) groups is 1. The van der Waals surface area contributed by atoms with Gasteiger partial charge in [0.1, 0.15) is 11.4 Å². The van der Waals surface area contributed by atoms with Crippen LogP contribution in [0.5, 0.6) is 0 Å². The fraction of sp³-hybridized carbons (Fsp3) is 0.100. The number of nitrogen functional groups attached to an aromatic ring is 1. The molecule has 1 heterocycles. The average Bonchev–Trinajstić information content (AvgIpc) is 2.60. The first-order valence-corrected chi connectivity index (χ1v) is 4.77. The highest BCUT2D eigenvalue weighted by molar-refractivity contribution is 6.31. The van der Waals surface area contributed by atoms with E-state index in [1.807, 2.05) is 0 Å². The summed E-state index contributed by atoms with van der Waals surface area (Å²) in [6, 6.07) is 2.93. The van der Waals surface area contributed by atoms with E-state index in [4.69, 9.17) is 17.3 Å². The molecule has 0 atom stereocenters. The van der Waals surface area contributed by atoms with Gasteiger partial charge in [0, 0.05) is 0 Å². The maximum atomic E-state index is 13.8. The molecule has 0 saturated carbocycles. The number of aromatic nitrogens is 1. The second-order valence-corrected chi connectivity index (χ2v) is 3.60. The molecule has 16 heavy (non-hydrogen) atoms. The zero-order chi connectivity index (χ0) is 11.9. The van der Waals surface area contributed by atoms with Gasteiger partial charge in [-0.2, -0.15) is 0 Å². The van der Waals surface area contributed by atoms with Crippen molar-refractivity contribution >= 4 is 34.3 Å². The Bertz CT molecular complexity index is 580. The highest BCUT2D eigenvalue weighted by Crippen LogP contribution is 2.31. The quantitative estimate of drug-likeness (QED) is 0.754. The molecule has 1 aromatic carbocycles. The normalized spacial score (nSPS) is 10.7. The van der Waals surface area contributed by atoms with E-state index in [0.29, 0.717) is 5.52 Å². The molecule has 0 saturated heterocycles. The molecule has 0 bridgehead atoms. The SMILES string of the molecule is COC(=O)c1c(N)[nH]c2ccc(Cl)c(F)c12. The van der Waals surface area contributed by atoms with Crippen molar-refractivity contribution in [1.82, 2.24) is 4.98 Å². The lowest BCUT2D eigenvalue weighted by Gasteiger charge is -2.00. The Morgan fingerprint density at radius 3 is 2.88 bits per heavy atom. The lowest BCUT2D eigenvalue weighted by molar-refractivity contribution is 0.0604. The second kappa shape index (κ2) is 3.68. The summed E-state index contributed by atoms with van der Waals surface area (Å²) in [6.45, 7) is 0. The number of hydrogen-bond donors (Lipinski definition) is 2. The summed E-state index contributed by atoms with van der Waals surface area (Å²) in [5, 5.41) is -0.0199. The summed E-state index contributed by atoms with van der Waals surface area (Å²) < 4.78 is 18.3. The molecular weight excluding hydrogens is 235 g/mol. The van der Waals surface area contributed by atoms with Gasteiger partial charge in [-0.15, -0.1) is 0 Å².